The fourth-order valence-electron chi connectivity index (χ4n) is 6.39. The fraction of sp³-hybridized carbons (Fsp3) is 0.712. The summed E-state index contributed by atoms with van der Waals surface area (Å²) in [5, 5.41) is 0. The Labute approximate surface area is 357 Å². The fourth-order valence-corrected chi connectivity index (χ4v) is 6.39. The summed E-state index contributed by atoms with van der Waals surface area (Å²) in [6, 6.07) is 0. The number of esters is 3. The van der Waals surface area contributed by atoms with Crippen LogP contribution in [0, 0.1) is 0 Å². The van der Waals surface area contributed by atoms with Gasteiger partial charge in [0.25, 0.3) is 0 Å². The number of rotatable bonds is 42. The largest absolute Gasteiger partial charge is 0.462 e. The lowest BCUT2D eigenvalue weighted by Crippen LogP contribution is -2.30. The molecule has 0 aliphatic heterocycles. The van der Waals surface area contributed by atoms with E-state index in [-0.39, 0.29) is 31.1 Å². The lowest BCUT2D eigenvalue weighted by atomic mass is 10.1. The van der Waals surface area contributed by atoms with Gasteiger partial charge in [0.2, 0.25) is 0 Å². The molecule has 1 unspecified atom stereocenters. The standard InChI is InChI=1S/C52H88O6/c1-4-7-10-13-16-19-21-23-25-27-28-30-33-36-39-42-45-51(54)57-48-49(47-56-50(53)44-41-38-35-32-18-15-12-9-6-3)58-52(55)46-43-40-37-34-31-29-26-24-22-20-17-14-11-8-5-2/h8,11,14,17,20,22,24-27,32,35,49H,4-7,9-10,12-13,15-16,18-19,21,23,28-31,33-34,36-48H2,1-3H3/b11-8-,17-14-,22-20-,26-24-,27-25-,35-32-. The van der Waals surface area contributed by atoms with Crippen LogP contribution in [0.1, 0.15) is 220 Å². The van der Waals surface area contributed by atoms with Crippen molar-refractivity contribution in [1.29, 1.82) is 0 Å². The predicted octanol–water partition coefficient (Wildman–Crippen LogP) is 15.5. The molecule has 0 radical (unpaired) electrons. The summed E-state index contributed by atoms with van der Waals surface area (Å²) in [5.74, 6) is -0.970. The Morgan fingerprint density at radius 2 is 0.707 bits per heavy atom. The van der Waals surface area contributed by atoms with E-state index in [9.17, 15) is 14.4 Å². The molecule has 0 aromatic carbocycles. The Bertz CT molecular complexity index is 1110. The number of carbonyl (C=O) groups excluding carboxylic acids is 3. The van der Waals surface area contributed by atoms with Gasteiger partial charge >= 0.3 is 17.9 Å². The third kappa shape index (κ3) is 44.0. The molecule has 0 aromatic rings. The number of hydrogen-bond donors (Lipinski definition) is 0. The SMILES string of the molecule is CC\C=C/C=C\C=C/C=C\CCCCCCCC(=O)OC(COC(=O)CCC/C=C\CCCCCC)COC(=O)CCCCCCC/C=C\CCCCCCCCC. The minimum absolute atomic E-state index is 0.0985. The molecule has 0 aliphatic rings. The number of carbonyl (C=O) groups is 3. The van der Waals surface area contributed by atoms with E-state index in [1.54, 1.807) is 0 Å². The van der Waals surface area contributed by atoms with Gasteiger partial charge in [-0.1, -0.05) is 190 Å². The molecular formula is C52H88O6. The van der Waals surface area contributed by atoms with Gasteiger partial charge in [-0.15, -0.1) is 0 Å². The molecule has 1 atom stereocenters. The Morgan fingerprint density at radius 3 is 1.19 bits per heavy atom. The molecule has 6 nitrogen and oxygen atoms in total. The number of ether oxygens (including phenoxy) is 3. The minimum Gasteiger partial charge on any atom is -0.462 e. The van der Waals surface area contributed by atoms with Crippen LogP contribution in [0.15, 0.2) is 72.9 Å². The Hall–Kier alpha value is -3.15. The summed E-state index contributed by atoms with van der Waals surface area (Å²) < 4.78 is 16.7. The van der Waals surface area contributed by atoms with Crippen LogP contribution in [0.3, 0.4) is 0 Å². The van der Waals surface area contributed by atoms with Gasteiger partial charge in [-0.3, -0.25) is 14.4 Å². The van der Waals surface area contributed by atoms with Crippen LogP contribution in [0.4, 0.5) is 0 Å². The third-order valence-corrected chi connectivity index (χ3v) is 10.0. The van der Waals surface area contributed by atoms with Gasteiger partial charge in [0, 0.05) is 19.3 Å². The van der Waals surface area contributed by atoms with Gasteiger partial charge < -0.3 is 14.2 Å². The summed E-state index contributed by atoms with van der Waals surface area (Å²) >= 11 is 0. The lowest BCUT2D eigenvalue weighted by Gasteiger charge is -2.18. The monoisotopic (exact) mass is 809 g/mol. The van der Waals surface area contributed by atoms with E-state index in [1.807, 2.05) is 24.3 Å². The van der Waals surface area contributed by atoms with E-state index in [1.165, 1.54) is 89.9 Å². The molecule has 0 amide bonds. The molecular weight excluding hydrogens is 721 g/mol. The Balaban J connectivity index is 4.42. The summed E-state index contributed by atoms with van der Waals surface area (Å²) in [6.45, 7) is 6.40. The van der Waals surface area contributed by atoms with Crippen molar-refractivity contribution < 1.29 is 28.6 Å². The normalized spacial score (nSPS) is 12.7. The zero-order valence-corrected chi connectivity index (χ0v) is 37.8. The van der Waals surface area contributed by atoms with E-state index < -0.39 is 6.10 Å². The van der Waals surface area contributed by atoms with Gasteiger partial charge in [0.1, 0.15) is 13.2 Å². The second kappa shape index (κ2) is 46.5. The molecule has 0 fully saturated rings. The maximum absolute atomic E-state index is 12.7. The quantitative estimate of drug-likeness (QED) is 0.0201. The molecule has 0 N–H and O–H groups in total. The molecule has 0 rings (SSSR count). The molecule has 0 saturated heterocycles. The van der Waals surface area contributed by atoms with Crippen molar-refractivity contribution in [2.45, 2.75) is 226 Å². The molecule has 0 aromatic heterocycles. The van der Waals surface area contributed by atoms with Crippen molar-refractivity contribution in [2.24, 2.45) is 0 Å². The van der Waals surface area contributed by atoms with E-state index in [0.717, 1.165) is 83.5 Å². The van der Waals surface area contributed by atoms with Crippen LogP contribution in [-0.2, 0) is 28.6 Å². The summed E-state index contributed by atoms with van der Waals surface area (Å²) in [7, 11) is 0. The number of hydrogen-bond acceptors (Lipinski definition) is 6. The van der Waals surface area contributed by atoms with Gasteiger partial charge in [0.05, 0.1) is 0 Å². The molecule has 0 aliphatic carbocycles. The van der Waals surface area contributed by atoms with Crippen LogP contribution >= 0.6 is 0 Å². The highest BCUT2D eigenvalue weighted by Crippen LogP contribution is 2.13. The highest BCUT2D eigenvalue weighted by Gasteiger charge is 2.19. The zero-order chi connectivity index (χ0) is 42.3. The van der Waals surface area contributed by atoms with E-state index >= 15 is 0 Å². The first-order valence-electron chi connectivity index (χ1n) is 24.0. The van der Waals surface area contributed by atoms with Gasteiger partial charge in [0.15, 0.2) is 6.10 Å². The smallest absolute Gasteiger partial charge is 0.306 e. The zero-order valence-electron chi connectivity index (χ0n) is 37.8. The number of allylic oxidation sites excluding steroid dienone is 12. The Morgan fingerprint density at radius 1 is 0.362 bits per heavy atom. The van der Waals surface area contributed by atoms with Gasteiger partial charge in [-0.05, 0) is 83.5 Å². The second-order valence-corrected chi connectivity index (χ2v) is 15.7. The van der Waals surface area contributed by atoms with Crippen molar-refractivity contribution >= 4 is 17.9 Å². The molecule has 0 saturated carbocycles. The maximum atomic E-state index is 12.7. The van der Waals surface area contributed by atoms with Crippen LogP contribution in [0.5, 0.6) is 0 Å². The molecule has 332 valence electrons. The van der Waals surface area contributed by atoms with Crippen molar-refractivity contribution in [3.8, 4) is 0 Å². The van der Waals surface area contributed by atoms with Crippen molar-refractivity contribution in [3.05, 3.63) is 72.9 Å². The first-order chi connectivity index (χ1) is 28.5. The van der Waals surface area contributed by atoms with Crippen LogP contribution in [0.25, 0.3) is 0 Å². The third-order valence-electron chi connectivity index (χ3n) is 10.0. The second-order valence-electron chi connectivity index (χ2n) is 15.7. The van der Waals surface area contributed by atoms with E-state index in [2.05, 4.69) is 69.4 Å². The van der Waals surface area contributed by atoms with Crippen molar-refractivity contribution in [2.75, 3.05) is 13.2 Å². The first-order valence-corrected chi connectivity index (χ1v) is 24.0. The molecule has 58 heavy (non-hydrogen) atoms. The highest BCUT2D eigenvalue weighted by atomic mass is 16.6. The van der Waals surface area contributed by atoms with Crippen LogP contribution < -0.4 is 0 Å². The number of unbranched alkanes of at least 4 members (excludes halogenated alkanes) is 22. The topological polar surface area (TPSA) is 78.9 Å². The summed E-state index contributed by atoms with van der Waals surface area (Å²) in [4.78, 5) is 37.8. The summed E-state index contributed by atoms with van der Waals surface area (Å²) in [5.41, 5.74) is 0. The van der Waals surface area contributed by atoms with E-state index in [0.29, 0.717) is 25.7 Å². The van der Waals surface area contributed by atoms with Crippen LogP contribution in [-0.4, -0.2) is 37.2 Å². The van der Waals surface area contributed by atoms with E-state index in [4.69, 9.17) is 14.2 Å². The highest BCUT2D eigenvalue weighted by molar-refractivity contribution is 5.71. The van der Waals surface area contributed by atoms with Gasteiger partial charge in [-0.25, -0.2) is 0 Å². The molecule has 0 bridgehead atoms. The average Bonchev–Trinajstić information content (AvgIpc) is 3.22. The minimum atomic E-state index is -0.800. The molecule has 0 heterocycles. The molecule has 0 spiro atoms. The maximum Gasteiger partial charge on any atom is 0.306 e. The molecule has 6 heteroatoms. The first kappa shape index (κ1) is 54.9. The van der Waals surface area contributed by atoms with Crippen molar-refractivity contribution in [1.82, 2.24) is 0 Å². The Kier molecular flexibility index (Phi) is 44.0. The predicted molar refractivity (Wildman–Crippen MR) is 247 cm³/mol. The van der Waals surface area contributed by atoms with Crippen molar-refractivity contribution in [3.63, 3.8) is 0 Å². The lowest BCUT2D eigenvalue weighted by molar-refractivity contribution is -0.167. The van der Waals surface area contributed by atoms with Crippen LogP contribution in [0.2, 0.25) is 0 Å². The summed E-state index contributed by atoms with van der Waals surface area (Å²) in [6.07, 6.45) is 57.5. The van der Waals surface area contributed by atoms with Gasteiger partial charge in [-0.2, -0.15) is 0 Å². The average molecular weight is 809 g/mol.